The Kier molecular flexibility index (Phi) is 14.0. The Labute approximate surface area is 369 Å². The molecule has 1 aliphatic heterocycles. The first-order valence-corrected chi connectivity index (χ1v) is 22.2. The molecular weight excluding hydrogens is 796 g/mol. The van der Waals surface area contributed by atoms with Crippen LogP contribution in [-0.2, 0) is 22.8 Å². The fourth-order valence-electron chi connectivity index (χ4n) is 10.0. The SMILES string of the molecule is C=CCOC12Oc3ccc(OCc4ccccc4F)cc3C3C(CCCCO)C(CCCCO)C=C(C(=NOCc4ccccc4)CC1N(C)C(=O)c1ccc4ccccc4c1)C32. The van der Waals surface area contributed by atoms with E-state index in [1.165, 1.54) is 6.07 Å². The number of likely N-dealkylation sites (N-methyl/N-ethyl adjacent to an activating group) is 1. The molecule has 6 unspecified atom stereocenters. The van der Waals surface area contributed by atoms with Gasteiger partial charge >= 0.3 is 0 Å². The van der Waals surface area contributed by atoms with Crippen molar-refractivity contribution in [1.82, 2.24) is 4.90 Å². The summed E-state index contributed by atoms with van der Waals surface area (Å²) in [5.74, 6) is -1.38. The fourth-order valence-corrected chi connectivity index (χ4v) is 10.0. The van der Waals surface area contributed by atoms with Crippen molar-refractivity contribution in [3.8, 4) is 11.5 Å². The lowest BCUT2D eigenvalue weighted by molar-refractivity contribution is -0.252. The zero-order valence-corrected chi connectivity index (χ0v) is 35.9. The summed E-state index contributed by atoms with van der Waals surface area (Å²) in [5.41, 5.74) is 4.53. The van der Waals surface area contributed by atoms with Crippen LogP contribution >= 0.6 is 0 Å². The van der Waals surface area contributed by atoms with E-state index in [1.807, 2.05) is 98.0 Å². The van der Waals surface area contributed by atoms with Crippen LogP contribution in [0.15, 0.2) is 145 Å². The van der Waals surface area contributed by atoms with Gasteiger partial charge in [-0.2, -0.15) is 0 Å². The number of amides is 1. The van der Waals surface area contributed by atoms with Crippen molar-refractivity contribution in [2.75, 3.05) is 26.9 Å². The summed E-state index contributed by atoms with van der Waals surface area (Å²) >= 11 is 0. The maximum atomic E-state index is 14.9. The Morgan fingerprint density at radius 3 is 2.41 bits per heavy atom. The number of oxime groups is 1. The predicted octanol–water partition coefficient (Wildman–Crippen LogP) is 10.2. The fraction of sp³-hybridized carbons (Fsp3) is 0.358. The van der Waals surface area contributed by atoms with Crippen molar-refractivity contribution in [3.05, 3.63) is 168 Å². The third-order valence-electron chi connectivity index (χ3n) is 13.0. The van der Waals surface area contributed by atoms with Crippen molar-refractivity contribution in [2.45, 2.75) is 75.9 Å². The molecule has 5 aromatic rings. The maximum Gasteiger partial charge on any atom is 0.254 e. The molecular formula is C53H57FN2O7. The zero-order valence-electron chi connectivity index (χ0n) is 35.9. The molecule has 63 heavy (non-hydrogen) atoms. The number of aliphatic hydroxyl groups is 2. The summed E-state index contributed by atoms with van der Waals surface area (Å²) in [5, 5.41) is 26.8. The number of benzene rings is 5. The van der Waals surface area contributed by atoms with Gasteiger partial charge in [0.2, 0.25) is 5.79 Å². The molecule has 1 saturated carbocycles. The monoisotopic (exact) mass is 852 g/mol. The molecule has 1 amide bonds. The van der Waals surface area contributed by atoms with Crippen molar-refractivity contribution >= 4 is 22.4 Å². The minimum Gasteiger partial charge on any atom is -0.489 e. The molecule has 1 fully saturated rings. The first kappa shape index (κ1) is 43.8. The van der Waals surface area contributed by atoms with Crippen molar-refractivity contribution in [2.24, 2.45) is 22.9 Å². The highest BCUT2D eigenvalue weighted by atomic mass is 19.1. The number of fused-ring (bicyclic) bond motifs is 3. The van der Waals surface area contributed by atoms with Crippen LogP contribution in [0.25, 0.3) is 10.8 Å². The largest absolute Gasteiger partial charge is 0.489 e. The molecule has 1 heterocycles. The molecule has 0 aromatic heterocycles. The second kappa shape index (κ2) is 20.1. The molecule has 328 valence electrons. The first-order chi connectivity index (χ1) is 30.8. The van der Waals surface area contributed by atoms with E-state index in [2.05, 4.69) is 12.7 Å². The Morgan fingerprint density at radius 1 is 0.889 bits per heavy atom. The number of unbranched alkanes of at least 4 members (excludes halogenated alkanes) is 2. The zero-order chi connectivity index (χ0) is 43.8. The number of hydrogen-bond donors (Lipinski definition) is 2. The number of carbonyl (C=O) groups is 1. The quantitative estimate of drug-likeness (QED) is 0.0484. The summed E-state index contributed by atoms with van der Waals surface area (Å²) < 4.78 is 35.5. The summed E-state index contributed by atoms with van der Waals surface area (Å²) in [6, 6.07) is 35.3. The van der Waals surface area contributed by atoms with E-state index in [1.54, 1.807) is 29.2 Å². The van der Waals surface area contributed by atoms with Crippen LogP contribution in [0.1, 0.15) is 77.9 Å². The number of carbonyl (C=O) groups excluding carboxylic acids is 1. The number of rotatable bonds is 19. The minimum absolute atomic E-state index is 0.0342. The van der Waals surface area contributed by atoms with Gasteiger partial charge in [-0.1, -0.05) is 109 Å². The van der Waals surface area contributed by atoms with Gasteiger partial charge in [-0.05, 0) is 95.8 Å². The van der Waals surface area contributed by atoms with E-state index < -0.39 is 17.7 Å². The van der Waals surface area contributed by atoms with E-state index in [0.717, 1.165) is 53.2 Å². The van der Waals surface area contributed by atoms with Gasteiger partial charge in [0.15, 0.2) is 0 Å². The molecule has 0 saturated heterocycles. The first-order valence-electron chi connectivity index (χ1n) is 22.2. The molecule has 2 aliphatic carbocycles. The minimum atomic E-state index is -1.40. The van der Waals surface area contributed by atoms with Crippen LogP contribution in [-0.4, -0.2) is 65.4 Å². The van der Waals surface area contributed by atoms with Crippen LogP contribution in [0.2, 0.25) is 0 Å². The lowest BCUT2D eigenvalue weighted by Gasteiger charge is -2.59. The normalized spacial score (nSPS) is 23.0. The second-order valence-electron chi connectivity index (χ2n) is 16.9. The molecule has 5 aromatic carbocycles. The molecule has 6 atom stereocenters. The smallest absolute Gasteiger partial charge is 0.254 e. The Hall–Kier alpha value is -5.81. The molecule has 9 nitrogen and oxygen atoms in total. The van der Waals surface area contributed by atoms with Gasteiger partial charge < -0.3 is 34.2 Å². The van der Waals surface area contributed by atoms with Crippen LogP contribution < -0.4 is 9.47 Å². The number of aliphatic hydroxyl groups excluding tert-OH is 2. The van der Waals surface area contributed by atoms with Crippen molar-refractivity contribution in [1.29, 1.82) is 0 Å². The number of hydrogen-bond acceptors (Lipinski definition) is 8. The summed E-state index contributed by atoms with van der Waals surface area (Å²) in [6.07, 6.45) is 8.83. The highest BCUT2D eigenvalue weighted by molar-refractivity contribution is 6.04. The van der Waals surface area contributed by atoms with Crippen molar-refractivity contribution in [3.63, 3.8) is 0 Å². The highest BCUT2D eigenvalue weighted by Gasteiger charge is 2.65. The summed E-state index contributed by atoms with van der Waals surface area (Å²) in [7, 11) is 1.81. The van der Waals surface area contributed by atoms with Gasteiger partial charge in [-0.3, -0.25) is 4.79 Å². The number of halogens is 1. The molecule has 0 spiro atoms. The second-order valence-corrected chi connectivity index (χ2v) is 16.9. The molecule has 10 heteroatoms. The van der Waals surface area contributed by atoms with Crippen LogP contribution in [0.5, 0.6) is 11.5 Å². The van der Waals surface area contributed by atoms with E-state index in [-0.39, 0.29) is 68.9 Å². The molecule has 0 bridgehead atoms. The lowest BCUT2D eigenvalue weighted by atomic mass is 9.55. The number of allylic oxidation sites excluding steroid dienone is 1. The lowest BCUT2D eigenvalue weighted by Crippen LogP contribution is -2.69. The topological polar surface area (TPSA) is 110 Å². The van der Waals surface area contributed by atoms with Crippen LogP contribution in [0, 0.1) is 23.6 Å². The van der Waals surface area contributed by atoms with Gasteiger partial charge in [0.25, 0.3) is 5.91 Å². The van der Waals surface area contributed by atoms with E-state index in [4.69, 9.17) is 24.2 Å². The van der Waals surface area contributed by atoms with Gasteiger partial charge in [0, 0.05) is 49.3 Å². The molecule has 0 radical (unpaired) electrons. The Bertz CT molecular complexity index is 2440. The maximum absolute atomic E-state index is 14.9. The Balaban J connectivity index is 1.29. The van der Waals surface area contributed by atoms with Gasteiger partial charge in [-0.25, -0.2) is 4.39 Å². The standard InChI is InChI=1S/C53H57FN2O7/c1-3-29-61-53-49(56(2)52(59)40-24-23-37-17-7-8-18-38(37)30-40)33-47(55-62-34-36-15-5-4-6-16-36)44-31-39(19-11-13-27-57)43(21-12-14-28-58)50(51(44)53)45-32-42(25-26-48(45)63-53)60-35-41-20-9-10-22-46(41)54/h3-10,15-18,20,22-26,30-32,39,43,49-51,57-58H,1,11-14,19,21,27-29,33-35H2,2H3. The van der Waals surface area contributed by atoms with Gasteiger partial charge in [0.1, 0.15) is 36.6 Å². The van der Waals surface area contributed by atoms with Gasteiger partial charge in [0.05, 0.1) is 18.2 Å². The average molecular weight is 853 g/mol. The van der Waals surface area contributed by atoms with E-state index >= 15 is 0 Å². The molecule has 3 aliphatic rings. The van der Waals surface area contributed by atoms with Crippen molar-refractivity contribution < 1.29 is 38.4 Å². The number of ether oxygens (including phenoxy) is 3. The van der Waals surface area contributed by atoms with E-state index in [9.17, 15) is 19.4 Å². The summed E-state index contributed by atoms with van der Waals surface area (Å²) in [4.78, 5) is 22.9. The molecule has 2 N–H and O–H groups in total. The number of nitrogens with zero attached hydrogens (tertiary/aromatic N) is 2. The third kappa shape index (κ3) is 9.30. The summed E-state index contributed by atoms with van der Waals surface area (Å²) in [6.45, 7) is 4.66. The highest BCUT2D eigenvalue weighted by Crippen LogP contribution is 2.62. The Morgan fingerprint density at radius 2 is 1.63 bits per heavy atom. The van der Waals surface area contributed by atoms with Gasteiger partial charge in [-0.15, -0.1) is 6.58 Å². The average Bonchev–Trinajstić information content (AvgIpc) is 3.31. The van der Waals surface area contributed by atoms with Crippen LogP contribution in [0.4, 0.5) is 4.39 Å². The van der Waals surface area contributed by atoms with Crippen LogP contribution in [0.3, 0.4) is 0 Å². The molecule has 8 rings (SSSR count). The van der Waals surface area contributed by atoms with E-state index in [0.29, 0.717) is 41.2 Å². The predicted molar refractivity (Wildman–Crippen MR) is 243 cm³/mol. The third-order valence-corrected chi connectivity index (χ3v) is 13.0.